The molecule has 2 rings (SSSR count). The van der Waals surface area contributed by atoms with Gasteiger partial charge in [0.25, 0.3) is 0 Å². The molecule has 0 fully saturated rings. The highest BCUT2D eigenvalue weighted by Crippen LogP contribution is 2.38. The number of hydrogen-bond donors (Lipinski definition) is 2. The first kappa shape index (κ1) is 14.8. The van der Waals surface area contributed by atoms with Crippen LogP contribution in [-0.2, 0) is 6.18 Å². The van der Waals surface area contributed by atoms with Crippen molar-refractivity contribution in [2.75, 3.05) is 5.32 Å². The number of halogens is 4. The molecule has 0 aliphatic carbocycles. The van der Waals surface area contributed by atoms with Crippen LogP contribution in [0.5, 0.6) is 0 Å². The lowest BCUT2D eigenvalue weighted by molar-refractivity contribution is -0.137. The van der Waals surface area contributed by atoms with Gasteiger partial charge in [-0.3, -0.25) is 0 Å². The van der Waals surface area contributed by atoms with E-state index in [0.29, 0.717) is 4.47 Å². The van der Waals surface area contributed by atoms with Crippen molar-refractivity contribution in [2.24, 2.45) is 0 Å². The number of carboxylic acids is 1. The lowest BCUT2D eigenvalue weighted by atomic mass is 10.2. The molecule has 0 aliphatic heterocycles. The molecule has 9 heteroatoms. The third-order valence-electron chi connectivity index (χ3n) is 2.25. The van der Waals surface area contributed by atoms with E-state index in [1.54, 1.807) is 0 Å². The number of carboxylic acid groups (broad SMARTS) is 1. The second-order valence-electron chi connectivity index (χ2n) is 3.65. The van der Waals surface area contributed by atoms with Gasteiger partial charge in [-0.05, 0) is 18.2 Å². The molecule has 106 valence electrons. The SMILES string of the molecule is O=C(O)c1cnc(Nc2ccc(Br)cc2C(F)(F)F)s1. The first-order valence-electron chi connectivity index (χ1n) is 5.10. The smallest absolute Gasteiger partial charge is 0.418 e. The number of thiazole rings is 1. The van der Waals surface area contributed by atoms with Crippen molar-refractivity contribution >= 4 is 44.1 Å². The van der Waals surface area contributed by atoms with Crippen LogP contribution in [-0.4, -0.2) is 16.1 Å². The van der Waals surface area contributed by atoms with Gasteiger partial charge in [0.2, 0.25) is 0 Å². The summed E-state index contributed by atoms with van der Waals surface area (Å²) in [5.74, 6) is -1.18. The van der Waals surface area contributed by atoms with Crippen molar-refractivity contribution in [3.63, 3.8) is 0 Å². The van der Waals surface area contributed by atoms with E-state index in [4.69, 9.17) is 5.11 Å². The molecule has 2 aromatic rings. The van der Waals surface area contributed by atoms with E-state index in [1.807, 2.05) is 0 Å². The van der Waals surface area contributed by atoms with Crippen molar-refractivity contribution in [3.8, 4) is 0 Å². The number of aromatic nitrogens is 1. The van der Waals surface area contributed by atoms with Crippen molar-refractivity contribution < 1.29 is 23.1 Å². The highest BCUT2D eigenvalue weighted by molar-refractivity contribution is 9.10. The highest BCUT2D eigenvalue weighted by Gasteiger charge is 2.34. The Morgan fingerprint density at radius 1 is 1.40 bits per heavy atom. The fraction of sp³-hybridized carbons (Fsp3) is 0.0909. The van der Waals surface area contributed by atoms with E-state index >= 15 is 0 Å². The molecule has 0 unspecified atom stereocenters. The number of nitrogens with one attached hydrogen (secondary N) is 1. The number of aromatic carboxylic acids is 1. The lowest BCUT2D eigenvalue weighted by Crippen LogP contribution is -2.08. The fourth-order valence-corrected chi connectivity index (χ4v) is 2.43. The number of benzene rings is 1. The summed E-state index contributed by atoms with van der Waals surface area (Å²) < 4.78 is 39.0. The van der Waals surface area contributed by atoms with Crippen molar-refractivity contribution in [1.29, 1.82) is 0 Å². The average molecular weight is 367 g/mol. The minimum atomic E-state index is -4.53. The van der Waals surface area contributed by atoms with Gasteiger partial charge in [0.15, 0.2) is 5.13 Å². The topological polar surface area (TPSA) is 62.2 Å². The van der Waals surface area contributed by atoms with Gasteiger partial charge < -0.3 is 10.4 Å². The number of nitrogens with zero attached hydrogens (tertiary/aromatic N) is 1. The quantitative estimate of drug-likeness (QED) is 0.846. The van der Waals surface area contributed by atoms with Gasteiger partial charge in [-0.25, -0.2) is 9.78 Å². The largest absolute Gasteiger partial charge is 0.477 e. The van der Waals surface area contributed by atoms with Crippen molar-refractivity contribution in [3.05, 3.63) is 39.3 Å². The van der Waals surface area contributed by atoms with Gasteiger partial charge >= 0.3 is 12.1 Å². The normalized spacial score (nSPS) is 11.4. The molecule has 0 saturated carbocycles. The third-order valence-corrected chi connectivity index (χ3v) is 3.64. The van der Waals surface area contributed by atoms with Crippen LogP contribution in [0, 0.1) is 0 Å². The van der Waals surface area contributed by atoms with E-state index in [9.17, 15) is 18.0 Å². The molecule has 0 amide bonds. The fourth-order valence-electron chi connectivity index (χ4n) is 1.41. The Bertz CT molecular complexity index is 657. The summed E-state index contributed by atoms with van der Waals surface area (Å²) in [4.78, 5) is 14.4. The van der Waals surface area contributed by atoms with Gasteiger partial charge in [-0.15, -0.1) is 0 Å². The monoisotopic (exact) mass is 366 g/mol. The van der Waals surface area contributed by atoms with Crippen LogP contribution < -0.4 is 5.32 Å². The van der Waals surface area contributed by atoms with Crippen LogP contribution in [0.2, 0.25) is 0 Å². The molecular formula is C11H6BrF3N2O2S. The molecule has 0 radical (unpaired) electrons. The molecule has 0 atom stereocenters. The molecule has 0 bridgehead atoms. The summed E-state index contributed by atoms with van der Waals surface area (Å²) in [6.07, 6.45) is -3.44. The summed E-state index contributed by atoms with van der Waals surface area (Å²) in [5, 5.41) is 11.3. The zero-order valence-electron chi connectivity index (χ0n) is 9.53. The number of alkyl halides is 3. The van der Waals surface area contributed by atoms with Gasteiger partial charge in [0, 0.05) is 4.47 Å². The zero-order chi connectivity index (χ0) is 14.9. The lowest BCUT2D eigenvalue weighted by Gasteiger charge is -2.13. The Morgan fingerprint density at radius 3 is 2.65 bits per heavy atom. The first-order chi connectivity index (χ1) is 9.27. The minimum absolute atomic E-state index is 0.0572. The summed E-state index contributed by atoms with van der Waals surface area (Å²) >= 11 is 3.74. The van der Waals surface area contributed by atoms with E-state index in [1.165, 1.54) is 12.1 Å². The Balaban J connectivity index is 2.35. The van der Waals surface area contributed by atoms with Gasteiger partial charge in [-0.1, -0.05) is 27.3 Å². The van der Waals surface area contributed by atoms with E-state index < -0.39 is 17.7 Å². The van der Waals surface area contributed by atoms with E-state index in [0.717, 1.165) is 23.6 Å². The molecule has 0 aliphatic rings. The predicted octanol–water partition coefficient (Wildman–Crippen LogP) is 4.37. The van der Waals surface area contributed by atoms with Crippen LogP contribution in [0.1, 0.15) is 15.2 Å². The molecular weight excluding hydrogens is 361 g/mol. The Labute approximate surface area is 123 Å². The number of carbonyl (C=O) groups is 1. The minimum Gasteiger partial charge on any atom is -0.477 e. The Hall–Kier alpha value is -1.61. The van der Waals surface area contributed by atoms with Crippen LogP contribution in [0.15, 0.2) is 28.9 Å². The average Bonchev–Trinajstić information content (AvgIpc) is 2.79. The van der Waals surface area contributed by atoms with Crippen LogP contribution in [0.4, 0.5) is 24.0 Å². The van der Waals surface area contributed by atoms with Crippen LogP contribution >= 0.6 is 27.3 Å². The number of anilines is 2. The predicted molar refractivity (Wildman–Crippen MR) is 71.5 cm³/mol. The second-order valence-corrected chi connectivity index (χ2v) is 5.59. The molecule has 0 saturated heterocycles. The summed E-state index contributed by atoms with van der Waals surface area (Å²) in [6, 6.07) is 3.63. The number of rotatable bonds is 3. The summed E-state index contributed by atoms with van der Waals surface area (Å²) in [5.41, 5.74) is -1.05. The second kappa shape index (κ2) is 5.41. The zero-order valence-corrected chi connectivity index (χ0v) is 11.9. The molecule has 1 aromatic carbocycles. The maximum atomic E-state index is 12.9. The molecule has 2 N–H and O–H groups in total. The highest BCUT2D eigenvalue weighted by atomic mass is 79.9. The Kier molecular flexibility index (Phi) is 4.00. The van der Waals surface area contributed by atoms with E-state index in [2.05, 4.69) is 26.2 Å². The first-order valence-corrected chi connectivity index (χ1v) is 6.71. The van der Waals surface area contributed by atoms with Crippen LogP contribution in [0.3, 0.4) is 0 Å². The van der Waals surface area contributed by atoms with Crippen molar-refractivity contribution in [1.82, 2.24) is 4.98 Å². The third kappa shape index (κ3) is 3.28. The maximum Gasteiger partial charge on any atom is 0.418 e. The molecule has 20 heavy (non-hydrogen) atoms. The summed E-state index contributed by atoms with van der Waals surface area (Å²) in [6.45, 7) is 0. The Morgan fingerprint density at radius 2 is 2.10 bits per heavy atom. The van der Waals surface area contributed by atoms with E-state index in [-0.39, 0.29) is 15.7 Å². The van der Waals surface area contributed by atoms with Gasteiger partial charge in [0.05, 0.1) is 17.4 Å². The van der Waals surface area contributed by atoms with Gasteiger partial charge in [0.1, 0.15) is 4.88 Å². The maximum absolute atomic E-state index is 12.9. The molecule has 1 aromatic heterocycles. The molecule has 4 nitrogen and oxygen atoms in total. The van der Waals surface area contributed by atoms with Crippen molar-refractivity contribution in [2.45, 2.75) is 6.18 Å². The number of hydrogen-bond acceptors (Lipinski definition) is 4. The molecule has 1 heterocycles. The standard InChI is InChI=1S/C11H6BrF3N2O2S/c12-5-1-2-7(6(3-5)11(13,14)15)17-10-16-4-8(20-10)9(18)19/h1-4H,(H,16,17)(H,18,19). The summed E-state index contributed by atoms with van der Waals surface area (Å²) in [7, 11) is 0. The van der Waals surface area contributed by atoms with Crippen LogP contribution in [0.25, 0.3) is 0 Å². The van der Waals surface area contributed by atoms with Gasteiger partial charge in [-0.2, -0.15) is 13.2 Å². The molecule has 0 spiro atoms.